The Morgan fingerprint density at radius 1 is 1.05 bits per heavy atom. The van der Waals surface area contributed by atoms with Crippen molar-refractivity contribution >= 4 is 25.8 Å². The van der Waals surface area contributed by atoms with Crippen LogP contribution in [0.1, 0.15) is 17.0 Å². The summed E-state index contributed by atoms with van der Waals surface area (Å²) in [6, 6.07) is 16.5. The summed E-state index contributed by atoms with van der Waals surface area (Å²) in [5, 5.41) is 8.64. The average molecular weight is 376 g/mol. The fourth-order valence-electron chi connectivity index (χ4n) is 2.79. The van der Waals surface area contributed by atoms with Gasteiger partial charge in [-0.2, -0.15) is 5.26 Å². The molecule has 0 spiro atoms. The van der Waals surface area contributed by atoms with Gasteiger partial charge in [0.2, 0.25) is 0 Å². The molecule has 1 fully saturated rings. The fourth-order valence-corrected chi connectivity index (χ4v) is 5.12. The zero-order valence-corrected chi connectivity index (χ0v) is 14.3. The van der Waals surface area contributed by atoms with Gasteiger partial charge in [-0.3, -0.25) is 0 Å². The van der Waals surface area contributed by atoms with E-state index in [0.29, 0.717) is 4.90 Å². The van der Waals surface area contributed by atoms with Gasteiger partial charge in [0.1, 0.15) is 0 Å². The summed E-state index contributed by atoms with van der Waals surface area (Å²) >= 11 is 3.36. The van der Waals surface area contributed by atoms with Crippen LogP contribution in [-0.4, -0.2) is 13.7 Å². The number of hydrogen-bond acceptors (Lipinski definition) is 3. The zero-order chi connectivity index (χ0) is 15.9. The maximum Gasteiger partial charge on any atom is 0.183 e. The van der Waals surface area contributed by atoms with Gasteiger partial charge in [0, 0.05) is 10.4 Å². The second-order valence-electron chi connectivity index (χ2n) is 5.55. The van der Waals surface area contributed by atoms with Gasteiger partial charge >= 0.3 is 0 Å². The Kier molecular flexibility index (Phi) is 3.84. The summed E-state index contributed by atoms with van der Waals surface area (Å²) in [5.41, 5.74) is 1.91. The van der Waals surface area contributed by atoms with Gasteiger partial charge in [0.25, 0.3) is 0 Å². The number of halogens is 1. The number of benzene rings is 2. The van der Waals surface area contributed by atoms with E-state index in [1.54, 1.807) is 24.3 Å². The lowest BCUT2D eigenvalue weighted by Gasteiger charge is -2.04. The van der Waals surface area contributed by atoms with E-state index in [1.165, 1.54) is 0 Å². The minimum atomic E-state index is -3.49. The summed E-state index contributed by atoms with van der Waals surface area (Å²) in [7, 11) is -3.49. The Balaban J connectivity index is 1.95. The maximum absolute atomic E-state index is 12.8. The van der Waals surface area contributed by atoms with Gasteiger partial charge in [-0.05, 0) is 36.8 Å². The maximum atomic E-state index is 12.8. The summed E-state index contributed by atoms with van der Waals surface area (Å²) < 4.78 is 26.5. The Bertz CT molecular complexity index is 836. The molecule has 112 valence electrons. The second-order valence-corrected chi connectivity index (χ2v) is 8.58. The van der Waals surface area contributed by atoms with Crippen molar-refractivity contribution in [2.45, 2.75) is 23.0 Å². The molecule has 5 heteroatoms. The molecule has 0 N–H and O–H groups in total. The summed E-state index contributed by atoms with van der Waals surface area (Å²) in [4.78, 5) is 0.294. The van der Waals surface area contributed by atoms with Crippen LogP contribution in [0.15, 0.2) is 57.9 Å². The Hall–Kier alpha value is -1.64. The van der Waals surface area contributed by atoms with Crippen molar-refractivity contribution in [1.29, 1.82) is 5.26 Å². The molecular weight excluding hydrogens is 362 g/mol. The average Bonchev–Trinajstić information content (AvgIpc) is 3.24. The first-order chi connectivity index (χ1) is 10.4. The molecule has 0 aliphatic heterocycles. The Morgan fingerprint density at radius 2 is 1.64 bits per heavy atom. The molecular formula is C17H14BrNO2S. The molecule has 0 heterocycles. The van der Waals surface area contributed by atoms with Gasteiger partial charge in [-0.25, -0.2) is 8.42 Å². The monoisotopic (exact) mass is 375 g/mol. The molecule has 1 aliphatic carbocycles. The van der Waals surface area contributed by atoms with Crippen molar-refractivity contribution in [2.75, 3.05) is 0 Å². The minimum Gasteiger partial charge on any atom is -0.223 e. The van der Waals surface area contributed by atoms with Crippen molar-refractivity contribution < 1.29 is 8.42 Å². The SMILES string of the molecule is Cc1ccc(S(=O)(=O)[C@H]2[C@@H](C#N)[C@@H]2c2ccc(Br)cc2)cc1. The molecule has 0 saturated heterocycles. The van der Waals surface area contributed by atoms with Crippen LogP contribution in [0.5, 0.6) is 0 Å². The third-order valence-corrected chi connectivity index (χ3v) is 6.83. The summed E-state index contributed by atoms with van der Waals surface area (Å²) in [6.45, 7) is 1.91. The molecule has 2 aromatic rings. The lowest BCUT2D eigenvalue weighted by atomic mass is 10.1. The smallest absolute Gasteiger partial charge is 0.183 e. The van der Waals surface area contributed by atoms with E-state index >= 15 is 0 Å². The molecule has 3 atom stereocenters. The van der Waals surface area contributed by atoms with Crippen LogP contribution in [0.3, 0.4) is 0 Å². The number of nitrogens with zero attached hydrogens (tertiary/aromatic N) is 1. The number of sulfone groups is 1. The first kappa shape index (κ1) is 15.3. The standard InChI is InChI=1S/C17H14BrNO2S/c1-11-2-8-14(9-3-11)22(20,21)17-15(10-19)16(17)12-4-6-13(18)7-5-12/h2-9,15-17H,1H3/t15-,16-,17-/m0/s1. The van der Waals surface area contributed by atoms with E-state index in [-0.39, 0.29) is 5.92 Å². The highest BCUT2D eigenvalue weighted by molar-refractivity contribution is 9.10. The van der Waals surface area contributed by atoms with Crippen LogP contribution in [0.4, 0.5) is 0 Å². The fraction of sp³-hybridized carbons (Fsp3) is 0.235. The third kappa shape index (κ3) is 2.57. The van der Waals surface area contributed by atoms with Crippen LogP contribution in [0, 0.1) is 24.2 Å². The third-order valence-electron chi connectivity index (χ3n) is 4.07. The van der Waals surface area contributed by atoms with E-state index < -0.39 is 21.0 Å². The first-order valence-corrected chi connectivity index (χ1v) is 9.25. The van der Waals surface area contributed by atoms with Gasteiger partial charge < -0.3 is 0 Å². The highest BCUT2D eigenvalue weighted by Gasteiger charge is 2.59. The van der Waals surface area contributed by atoms with Gasteiger partial charge in [-0.15, -0.1) is 0 Å². The minimum absolute atomic E-state index is 0.246. The molecule has 0 bridgehead atoms. The number of hydrogen-bond donors (Lipinski definition) is 0. The quantitative estimate of drug-likeness (QED) is 0.818. The van der Waals surface area contributed by atoms with E-state index in [2.05, 4.69) is 22.0 Å². The molecule has 3 nitrogen and oxygen atoms in total. The number of aryl methyl sites for hydroxylation is 1. The highest BCUT2D eigenvalue weighted by Crippen LogP contribution is 2.53. The van der Waals surface area contributed by atoms with Crippen molar-refractivity contribution in [3.8, 4) is 6.07 Å². The largest absolute Gasteiger partial charge is 0.223 e. The Morgan fingerprint density at radius 3 is 2.18 bits per heavy atom. The predicted molar refractivity (Wildman–Crippen MR) is 88.1 cm³/mol. The summed E-state index contributed by atoms with van der Waals surface area (Å²) in [6.07, 6.45) is 0. The first-order valence-electron chi connectivity index (χ1n) is 6.91. The predicted octanol–water partition coefficient (Wildman–Crippen LogP) is 3.84. The number of rotatable bonds is 3. The molecule has 1 saturated carbocycles. The van der Waals surface area contributed by atoms with Gasteiger partial charge in [0.15, 0.2) is 9.84 Å². The van der Waals surface area contributed by atoms with E-state index in [4.69, 9.17) is 0 Å². The normalized spacial score (nSPS) is 23.8. The van der Waals surface area contributed by atoms with E-state index in [9.17, 15) is 13.7 Å². The second kappa shape index (κ2) is 5.53. The van der Waals surface area contributed by atoms with Gasteiger partial charge in [0.05, 0.1) is 22.1 Å². The zero-order valence-electron chi connectivity index (χ0n) is 11.9. The van der Waals surface area contributed by atoms with Crippen LogP contribution in [0.25, 0.3) is 0 Å². The van der Waals surface area contributed by atoms with Crippen LogP contribution in [0.2, 0.25) is 0 Å². The van der Waals surface area contributed by atoms with Crippen LogP contribution < -0.4 is 0 Å². The van der Waals surface area contributed by atoms with E-state index in [0.717, 1.165) is 15.6 Å². The topological polar surface area (TPSA) is 57.9 Å². The molecule has 1 aliphatic rings. The van der Waals surface area contributed by atoms with Crippen LogP contribution in [-0.2, 0) is 9.84 Å². The summed E-state index contributed by atoms with van der Waals surface area (Å²) in [5.74, 6) is -0.725. The van der Waals surface area contributed by atoms with Gasteiger partial charge in [-0.1, -0.05) is 45.8 Å². The highest BCUT2D eigenvalue weighted by atomic mass is 79.9. The lowest BCUT2D eigenvalue weighted by molar-refractivity contribution is 0.593. The molecule has 0 aromatic heterocycles. The van der Waals surface area contributed by atoms with Crippen molar-refractivity contribution in [3.05, 3.63) is 64.1 Å². The molecule has 3 rings (SSSR count). The number of nitriles is 1. The van der Waals surface area contributed by atoms with E-state index in [1.807, 2.05) is 31.2 Å². The molecule has 2 aromatic carbocycles. The lowest BCUT2D eigenvalue weighted by Crippen LogP contribution is -2.10. The molecule has 0 radical (unpaired) electrons. The van der Waals surface area contributed by atoms with Crippen LogP contribution >= 0.6 is 15.9 Å². The van der Waals surface area contributed by atoms with Crippen molar-refractivity contribution in [2.24, 2.45) is 5.92 Å². The molecule has 0 unspecified atom stereocenters. The van der Waals surface area contributed by atoms with Crippen molar-refractivity contribution in [1.82, 2.24) is 0 Å². The molecule has 22 heavy (non-hydrogen) atoms. The van der Waals surface area contributed by atoms with Crippen molar-refractivity contribution in [3.63, 3.8) is 0 Å². The molecule has 0 amide bonds. The Labute approximate surface area is 138 Å².